The number of fused-ring (bicyclic) bond motifs is 3. The van der Waals surface area contributed by atoms with E-state index in [1.807, 2.05) is 24.8 Å². The molecule has 1 aliphatic carbocycles. The van der Waals surface area contributed by atoms with Gasteiger partial charge >= 0.3 is 0 Å². The summed E-state index contributed by atoms with van der Waals surface area (Å²) < 4.78 is 2.36. The SMILES string of the molecule is c1cc2c3cnc(Nc4cnc(N5CCCC5)cn4)nc3n(C3CCCC3)c2cn1. The average Bonchev–Trinajstić information content (AvgIpc) is 3.54. The minimum Gasteiger partial charge on any atom is -0.355 e. The molecular formula is C22H24N8. The van der Waals surface area contributed by atoms with Gasteiger partial charge in [-0.2, -0.15) is 4.98 Å². The number of pyridine rings is 1. The predicted octanol–water partition coefficient (Wildman–Crippen LogP) is 4.23. The molecule has 152 valence electrons. The summed E-state index contributed by atoms with van der Waals surface area (Å²) in [6.45, 7) is 2.11. The Morgan fingerprint density at radius 1 is 0.867 bits per heavy atom. The highest BCUT2D eigenvalue weighted by atomic mass is 15.2. The minimum absolute atomic E-state index is 0.469. The molecule has 5 heterocycles. The van der Waals surface area contributed by atoms with Gasteiger partial charge in [-0.25, -0.2) is 15.0 Å². The van der Waals surface area contributed by atoms with Gasteiger partial charge in [-0.3, -0.25) is 4.98 Å². The first-order valence-electron chi connectivity index (χ1n) is 10.8. The number of hydrogen-bond donors (Lipinski definition) is 1. The van der Waals surface area contributed by atoms with E-state index in [9.17, 15) is 0 Å². The molecule has 8 heteroatoms. The van der Waals surface area contributed by atoms with Crippen molar-refractivity contribution in [2.24, 2.45) is 0 Å². The van der Waals surface area contributed by atoms with Gasteiger partial charge in [0.1, 0.15) is 11.5 Å². The monoisotopic (exact) mass is 400 g/mol. The third-order valence-corrected chi connectivity index (χ3v) is 6.34. The van der Waals surface area contributed by atoms with Gasteiger partial charge in [-0.1, -0.05) is 12.8 Å². The van der Waals surface area contributed by atoms with Crippen LogP contribution in [0.25, 0.3) is 21.9 Å². The average molecular weight is 400 g/mol. The fourth-order valence-electron chi connectivity index (χ4n) is 4.87. The Morgan fingerprint density at radius 2 is 1.73 bits per heavy atom. The highest BCUT2D eigenvalue weighted by Crippen LogP contribution is 2.37. The molecule has 8 nitrogen and oxygen atoms in total. The molecule has 0 spiro atoms. The summed E-state index contributed by atoms with van der Waals surface area (Å²) in [7, 11) is 0. The number of nitrogens with zero attached hydrogens (tertiary/aromatic N) is 7. The van der Waals surface area contributed by atoms with E-state index >= 15 is 0 Å². The van der Waals surface area contributed by atoms with Crippen molar-refractivity contribution in [2.75, 3.05) is 23.3 Å². The van der Waals surface area contributed by atoms with Gasteiger partial charge in [-0.15, -0.1) is 0 Å². The van der Waals surface area contributed by atoms with E-state index in [4.69, 9.17) is 4.98 Å². The van der Waals surface area contributed by atoms with Crippen LogP contribution < -0.4 is 10.2 Å². The first kappa shape index (κ1) is 17.6. The quantitative estimate of drug-likeness (QED) is 0.549. The van der Waals surface area contributed by atoms with E-state index in [-0.39, 0.29) is 0 Å². The molecule has 0 bridgehead atoms. The summed E-state index contributed by atoms with van der Waals surface area (Å²) in [5.74, 6) is 2.13. The highest BCUT2D eigenvalue weighted by molar-refractivity contribution is 6.06. The number of anilines is 3. The molecule has 1 saturated heterocycles. The summed E-state index contributed by atoms with van der Waals surface area (Å²) in [4.78, 5) is 25.2. The fraction of sp³-hybridized carbons (Fsp3) is 0.409. The van der Waals surface area contributed by atoms with Gasteiger partial charge < -0.3 is 14.8 Å². The molecule has 6 rings (SSSR count). The summed E-state index contributed by atoms with van der Waals surface area (Å²) in [6.07, 6.45) is 16.6. The molecule has 0 unspecified atom stereocenters. The Balaban J connectivity index is 1.36. The van der Waals surface area contributed by atoms with E-state index in [2.05, 4.69) is 40.8 Å². The topological polar surface area (TPSA) is 84.7 Å². The maximum Gasteiger partial charge on any atom is 0.230 e. The second-order valence-electron chi connectivity index (χ2n) is 8.21. The van der Waals surface area contributed by atoms with Crippen LogP contribution in [0.15, 0.2) is 37.1 Å². The first-order chi connectivity index (χ1) is 14.9. The van der Waals surface area contributed by atoms with Crippen molar-refractivity contribution in [3.63, 3.8) is 0 Å². The Bertz CT molecular complexity index is 1190. The first-order valence-corrected chi connectivity index (χ1v) is 10.8. The van der Waals surface area contributed by atoms with Crippen LogP contribution in [0.3, 0.4) is 0 Å². The summed E-state index contributed by atoms with van der Waals surface area (Å²) in [6, 6.07) is 2.53. The zero-order chi connectivity index (χ0) is 19.9. The van der Waals surface area contributed by atoms with Gasteiger partial charge in [0.25, 0.3) is 0 Å². The highest BCUT2D eigenvalue weighted by Gasteiger charge is 2.23. The second kappa shape index (κ2) is 7.19. The smallest absolute Gasteiger partial charge is 0.230 e. The van der Waals surface area contributed by atoms with E-state index in [0.717, 1.165) is 40.8 Å². The van der Waals surface area contributed by atoms with Crippen molar-refractivity contribution < 1.29 is 0 Å². The van der Waals surface area contributed by atoms with Crippen molar-refractivity contribution in [1.29, 1.82) is 0 Å². The molecule has 4 aromatic rings. The van der Waals surface area contributed by atoms with E-state index < -0.39 is 0 Å². The van der Waals surface area contributed by atoms with Gasteiger partial charge in [0.05, 0.1) is 24.1 Å². The third kappa shape index (κ3) is 2.94. The third-order valence-electron chi connectivity index (χ3n) is 6.34. The lowest BCUT2D eigenvalue weighted by Gasteiger charge is -2.16. The van der Waals surface area contributed by atoms with Crippen LogP contribution in [0.4, 0.5) is 17.6 Å². The molecule has 0 amide bonds. The molecule has 4 aromatic heterocycles. The van der Waals surface area contributed by atoms with Gasteiger partial charge in [0.15, 0.2) is 5.82 Å². The molecule has 1 N–H and O–H groups in total. The van der Waals surface area contributed by atoms with Crippen LogP contribution in [-0.2, 0) is 0 Å². The van der Waals surface area contributed by atoms with Crippen molar-refractivity contribution in [3.05, 3.63) is 37.1 Å². The number of rotatable bonds is 4. The maximum atomic E-state index is 4.89. The Labute approximate surface area is 174 Å². The van der Waals surface area contributed by atoms with E-state index in [1.165, 1.54) is 38.5 Å². The van der Waals surface area contributed by atoms with Crippen LogP contribution in [0.5, 0.6) is 0 Å². The van der Waals surface area contributed by atoms with Crippen LogP contribution in [-0.4, -0.2) is 42.6 Å². The van der Waals surface area contributed by atoms with Crippen molar-refractivity contribution in [2.45, 2.75) is 44.6 Å². The zero-order valence-corrected chi connectivity index (χ0v) is 16.8. The second-order valence-corrected chi connectivity index (χ2v) is 8.21. The molecule has 2 aliphatic rings. The maximum absolute atomic E-state index is 4.89. The van der Waals surface area contributed by atoms with Crippen molar-refractivity contribution in [3.8, 4) is 0 Å². The summed E-state index contributed by atoms with van der Waals surface area (Å²) in [5.41, 5.74) is 2.10. The lowest BCUT2D eigenvalue weighted by Crippen LogP contribution is -2.19. The van der Waals surface area contributed by atoms with Crippen molar-refractivity contribution in [1.82, 2.24) is 29.5 Å². The Morgan fingerprint density at radius 3 is 2.53 bits per heavy atom. The molecule has 0 radical (unpaired) electrons. The Kier molecular flexibility index (Phi) is 4.21. The molecule has 0 aromatic carbocycles. The molecule has 1 aliphatic heterocycles. The minimum atomic E-state index is 0.469. The summed E-state index contributed by atoms with van der Waals surface area (Å²) >= 11 is 0. The number of hydrogen-bond acceptors (Lipinski definition) is 7. The van der Waals surface area contributed by atoms with Gasteiger partial charge in [0.2, 0.25) is 5.95 Å². The lowest BCUT2D eigenvalue weighted by atomic mass is 10.2. The number of aromatic nitrogens is 6. The molecule has 1 saturated carbocycles. The Hall–Kier alpha value is -3.29. The number of nitrogens with one attached hydrogen (secondary N) is 1. The van der Waals surface area contributed by atoms with Gasteiger partial charge in [0, 0.05) is 42.3 Å². The van der Waals surface area contributed by atoms with E-state index in [0.29, 0.717) is 17.8 Å². The zero-order valence-electron chi connectivity index (χ0n) is 16.8. The van der Waals surface area contributed by atoms with E-state index in [1.54, 1.807) is 6.20 Å². The molecule has 0 atom stereocenters. The lowest BCUT2D eigenvalue weighted by molar-refractivity contribution is 0.546. The molecule has 2 fully saturated rings. The van der Waals surface area contributed by atoms with Crippen LogP contribution in [0, 0.1) is 0 Å². The van der Waals surface area contributed by atoms with Crippen LogP contribution in [0.1, 0.15) is 44.6 Å². The fourth-order valence-corrected chi connectivity index (χ4v) is 4.87. The van der Waals surface area contributed by atoms with Crippen LogP contribution >= 0.6 is 0 Å². The molecular weight excluding hydrogens is 376 g/mol. The normalized spacial score (nSPS) is 17.4. The summed E-state index contributed by atoms with van der Waals surface area (Å²) in [5, 5.41) is 5.46. The molecule has 30 heavy (non-hydrogen) atoms. The predicted molar refractivity (Wildman–Crippen MR) is 117 cm³/mol. The van der Waals surface area contributed by atoms with Gasteiger partial charge in [-0.05, 0) is 31.7 Å². The largest absolute Gasteiger partial charge is 0.355 e. The standard InChI is InChI=1S/C22H24N8/c1-2-6-15(5-1)30-18-12-23-8-7-16(18)17-11-26-22(28-21(17)30)27-19-13-25-20(14-24-19)29-9-3-4-10-29/h7-8,11-15H,1-6,9-10H2,(H,24,26,27,28). The van der Waals surface area contributed by atoms with Crippen molar-refractivity contribution >= 4 is 39.5 Å². The van der Waals surface area contributed by atoms with Crippen LogP contribution in [0.2, 0.25) is 0 Å².